The van der Waals surface area contributed by atoms with Gasteiger partial charge in [0.1, 0.15) is 5.82 Å². The highest BCUT2D eigenvalue weighted by Crippen LogP contribution is 2.44. The molecule has 0 aromatic heterocycles. The molecule has 0 radical (unpaired) electrons. The minimum absolute atomic E-state index is 0.0155. The van der Waals surface area contributed by atoms with Crippen molar-refractivity contribution < 1.29 is 14.0 Å². The van der Waals surface area contributed by atoms with Crippen molar-refractivity contribution in [2.45, 2.75) is 31.7 Å². The predicted molar refractivity (Wildman–Crippen MR) is 101 cm³/mol. The van der Waals surface area contributed by atoms with Crippen molar-refractivity contribution in [1.82, 2.24) is 15.1 Å². The number of likely N-dealkylation sites (tertiary alicyclic amines) is 2. The lowest BCUT2D eigenvalue weighted by atomic mass is 9.75. The van der Waals surface area contributed by atoms with Gasteiger partial charge in [-0.25, -0.2) is 4.39 Å². The van der Waals surface area contributed by atoms with Crippen LogP contribution < -0.4 is 5.32 Å². The Morgan fingerprint density at radius 2 is 2.07 bits per heavy atom. The van der Waals surface area contributed by atoms with Crippen molar-refractivity contribution in [2.75, 3.05) is 32.7 Å². The number of hydrogen-bond donors (Lipinski definition) is 1. The zero-order valence-electron chi connectivity index (χ0n) is 15.5. The van der Waals surface area contributed by atoms with E-state index in [-0.39, 0.29) is 28.3 Å². The van der Waals surface area contributed by atoms with Crippen LogP contribution in [0.15, 0.2) is 18.2 Å². The summed E-state index contributed by atoms with van der Waals surface area (Å²) < 4.78 is 13.7. The molecule has 2 amide bonds. The second-order valence-corrected chi connectivity index (χ2v) is 8.45. The fourth-order valence-corrected chi connectivity index (χ4v) is 5.17. The maximum absolute atomic E-state index is 13.7. The second-order valence-electron chi connectivity index (χ2n) is 8.04. The molecule has 0 aliphatic carbocycles. The summed E-state index contributed by atoms with van der Waals surface area (Å²) in [5.41, 5.74) is 0.114. The quantitative estimate of drug-likeness (QED) is 0.858. The van der Waals surface area contributed by atoms with Crippen LogP contribution in [0.4, 0.5) is 4.39 Å². The molecule has 0 unspecified atom stereocenters. The average Bonchev–Trinajstić information content (AvgIpc) is 3.18. The third kappa shape index (κ3) is 3.23. The van der Waals surface area contributed by atoms with Crippen molar-refractivity contribution in [2.24, 2.45) is 11.8 Å². The Morgan fingerprint density at radius 1 is 1.33 bits per heavy atom. The number of hydrogen-bond acceptors (Lipinski definition) is 3. The molecule has 27 heavy (non-hydrogen) atoms. The zero-order valence-corrected chi connectivity index (χ0v) is 16.3. The molecule has 5 nitrogen and oxygen atoms in total. The summed E-state index contributed by atoms with van der Waals surface area (Å²) >= 11 is 5.71. The van der Waals surface area contributed by atoms with E-state index in [0.717, 1.165) is 38.9 Å². The van der Waals surface area contributed by atoms with E-state index in [0.29, 0.717) is 24.6 Å². The molecule has 3 aliphatic heterocycles. The summed E-state index contributed by atoms with van der Waals surface area (Å²) in [5, 5.41) is 3.28. The highest BCUT2D eigenvalue weighted by molar-refractivity contribution is 6.30. The highest BCUT2D eigenvalue weighted by atomic mass is 35.5. The van der Waals surface area contributed by atoms with Crippen molar-refractivity contribution in [3.8, 4) is 0 Å². The highest BCUT2D eigenvalue weighted by Gasteiger charge is 2.57. The van der Waals surface area contributed by atoms with Crippen molar-refractivity contribution in [1.29, 1.82) is 0 Å². The molecule has 2 atom stereocenters. The Bertz CT molecular complexity index is 764. The average molecular weight is 394 g/mol. The number of nitrogens with one attached hydrogen (secondary N) is 1. The number of benzene rings is 1. The van der Waals surface area contributed by atoms with Crippen molar-refractivity contribution in [3.05, 3.63) is 34.6 Å². The number of halogens is 2. The fourth-order valence-electron chi connectivity index (χ4n) is 5.06. The summed E-state index contributed by atoms with van der Waals surface area (Å²) in [5.74, 6) is -0.201. The Kier molecular flexibility index (Phi) is 4.89. The molecule has 146 valence electrons. The summed E-state index contributed by atoms with van der Waals surface area (Å²) in [6, 6.07) is 4.17. The molecule has 1 aromatic carbocycles. The molecule has 1 aromatic rings. The molecule has 3 saturated heterocycles. The topological polar surface area (TPSA) is 52.7 Å². The number of fused-ring (bicyclic) bond motifs is 2. The Morgan fingerprint density at radius 3 is 2.74 bits per heavy atom. The zero-order chi connectivity index (χ0) is 19.2. The standard InChI is InChI=1S/C20H25ClFN3O2/c1-2-7-24-11-14-15(12-24)20(23-18(14)26)5-8-25(9-6-20)19(27)13-3-4-16(21)17(22)10-13/h3-4,10,14-15H,2,5-9,11-12H2,1H3,(H,23,26)/t14-,15+/m1/s1. The fraction of sp³-hybridized carbons (Fsp3) is 0.600. The van der Waals surface area contributed by atoms with Gasteiger partial charge in [0, 0.05) is 43.2 Å². The maximum Gasteiger partial charge on any atom is 0.253 e. The van der Waals surface area contributed by atoms with Gasteiger partial charge in [-0.05, 0) is 44.0 Å². The summed E-state index contributed by atoms with van der Waals surface area (Å²) in [6.45, 7) is 6.13. The first-order valence-corrected chi connectivity index (χ1v) is 10.1. The number of carbonyl (C=O) groups is 2. The van der Waals surface area contributed by atoms with Gasteiger partial charge in [0.2, 0.25) is 5.91 Å². The van der Waals surface area contributed by atoms with Crippen LogP contribution in [-0.4, -0.2) is 59.9 Å². The molecule has 3 heterocycles. The molecule has 0 saturated carbocycles. The molecule has 4 rings (SSSR count). The third-order valence-corrected chi connectivity index (χ3v) is 6.77. The van der Waals surface area contributed by atoms with Crippen LogP contribution in [0.5, 0.6) is 0 Å². The lowest BCUT2D eigenvalue weighted by molar-refractivity contribution is -0.123. The summed E-state index contributed by atoms with van der Waals surface area (Å²) in [7, 11) is 0. The minimum Gasteiger partial charge on any atom is -0.350 e. The minimum atomic E-state index is -0.580. The molecular weight excluding hydrogens is 369 g/mol. The lowest BCUT2D eigenvalue weighted by Crippen LogP contribution is -2.56. The van der Waals surface area contributed by atoms with Crippen LogP contribution in [0.3, 0.4) is 0 Å². The number of carbonyl (C=O) groups excluding carboxylic acids is 2. The number of rotatable bonds is 3. The third-order valence-electron chi connectivity index (χ3n) is 6.46. The van der Waals surface area contributed by atoms with Gasteiger partial charge in [-0.2, -0.15) is 0 Å². The number of nitrogens with zero attached hydrogens (tertiary/aromatic N) is 2. The van der Waals surface area contributed by atoms with E-state index < -0.39 is 5.82 Å². The van der Waals surface area contributed by atoms with Gasteiger partial charge in [-0.15, -0.1) is 0 Å². The molecular formula is C20H25ClFN3O2. The van der Waals surface area contributed by atoms with Crippen LogP contribution in [0, 0.1) is 17.7 Å². The van der Waals surface area contributed by atoms with Crippen LogP contribution in [0.2, 0.25) is 5.02 Å². The Labute approximate surface area is 163 Å². The molecule has 1 N–H and O–H groups in total. The molecule has 7 heteroatoms. The van der Waals surface area contributed by atoms with Gasteiger partial charge in [-0.1, -0.05) is 18.5 Å². The predicted octanol–water partition coefficient (Wildman–Crippen LogP) is 2.54. The van der Waals surface area contributed by atoms with Gasteiger partial charge < -0.3 is 15.1 Å². The second kappa shape index (κ2) is 7.06. The van der Waals surface area contributed by atoms with Gasteiger partial charge in [0.15, 0.2) is 0 Å². The molecule has 3 fully saturated rings. The SMILES string of the molecule is CCCN1C[C@H]2C(=O)NC3(CCN(C(=O)c4ccc(Cl)c(F)c4)CC3)[C@H]2C1. The summed E-state index contributed by atoms with van der Waals surface area (Å²) in [6.07, 6.45) is 2.59. The van der Waals surface area contributed by atoms with Crippen LogP contribution in [-0.2, 0) is 4.79 Å². The smallest absolute Gasteiger partial charge is 0.253 e. The first-order chi connectivity index (χ1) is 12.9. The van der Waals surface area contributed by atoms with Gasteiger partial charge in [0.25, 0.3) is 5.91 Å². The van der Waals surface area contributed by atoms with Gasteiger partial charge in [-0.3, -0.25) is 9.59 Å². The Hall–Kier alpha value is -1.66. The van der Waals surface area contributed by atoms with E-state index in [1.54, 1.807) is 11.0 Å². The summed E-state index contributed by atoms with van der Waals surface area (Å²) in [4.78, 5) is 29.4. The van der Waals surface area contributed by atoms with E-state index in [4.69, 9.17) is 11.6 Å². The Balaban J connectivity index is 1.44. The van der Waals surface area contributed by atoms with Crippen LogP contribution >= 0.6 is 11.6 Å². The van der Waals surface area contributed by atoms with E-state index in [1.807, 2.05) is 0 Å². The van der Waals surface area contributed by atoms with Crippen molar-refractivity contribution in [3.63, 3.8) is 0 Å². The molecule has 0 bridgehead atoms. The molecule has 3 aliphatic rings. The van der Waals surface area contributed by atoms with Crippen LogP contribution in [0.25, 0.3) is 0 Å². The first kappa shape index (κ1) is 18.7. The number of piperidine rings is 1. The van der Waals surface area contributed by atoms with Gasteiger partial charge >= 0.3 is 0 Å². The number of amides is 2. The monoisotopic (exact) mass is 393 g/mol. The maximum atomic E-state index is 13.7. The van der Waals surface area contributed by atoms with Crippen LogP contribution in [0.1, 0.15) is 36.5 Å². The largest absolute Gasteiger partial charge is 0.350 e. The normalized spacial score (nSPS) is 27.1. The van der Waals surface area contributed by atoms with E-state index in [1.165, 1.54) is 12.1 Å². The van der Waals surface area contributed by atoms with Gasteiger partial charge in [0.05, 0.1) is 10.9 Å². The first-order valence-electron chi connectivity index (χ1n) is 9.72. The van der Waals surface area contributed by atoms with E-state index in [2.05, 4.69) is 17.1 Å². The van der Waals surface area contributed by atoms with Crippen molar-refractivity contribution >= 4 is 23.4 Å². The van der Waals surface area contributed by atoms with E-state index in [9.17, 15) is 14.0 Å². The lowest BCUT2D eigenvalue weighted by Gasteiger charge is -2.42. The van der Waals surface area contributed by atoms with E-state index >= 15 is 0 Å². The molecule has 1 spiro atoms.